The Balaban J connectivity index is 1.58. The van der Waals surface area contributed by atoms with Gasteiger partial charge in [0.15, 0.2) is 0 Å². The Kier molecular flexibility index (Phi) is 4.54. The molecule has 0 spiro atoms. The van der Waals surface area contributed by atoms with Crippen molar-refractivity contribution in [3.63, 3.8) is 0 Å². The summed E-state index contributed by atoms with van der Waals surface area (Å²) in [4.78, 5) is 0. The fourth-order valence-corrected chi connectivity index (χ4v) is 7.96. The zero-order valence-corrected chi connectivity index (χ0v) is 23.2. The number of benzene rings is 6. The summed E-state index contributed by atoms with van der Waals surface area (Å²) in [5.74, 6) is 0. The van der Waals surface area contributed by atoms with E-state index in [9.17, 15) is 0 Å². The third kappa shape index (κ3) is 2.92. The van der Waals surface area contributed by atoms with E-state index in [-0.39, 0.29) is 12.1 Å². The Labute approximate surface area is 240 Å². The van der Waals surface area contributed by atoms with Crippen LogP contribution in [0.4, 0.5) is 0 Å². The first-order valence-electron chi connectivity index (χ1n) is 14.6. The third-order valence-electron chi connectivity index (χ3n) is 9.64. The number of fused-ring (bicyclic) bond motifs is 6. The van der Waals surface area contributed by atoms with Crippen LogP contribution in [0.3, 0.4) is 0 Å². The molecule has 192 valence electrons. The summed E-state index contributed by atoms with van der Waals surface area (Å²) >= 11 is 0. The molecule has 0 N–H and O–H groups in total. The van der Waals surface area contributed by atoms with Crippen molar-refractivity contribution in [3.05, 3.63) is 145 Å². The Bertz CT molecular complexity index is 2170. The van der Waals surface area contributed by atoms with Gasteiger partial charge < -0.3 is 4.57 Å². The molecule has 2 aliphatic rings. The molecule has 2 aliphatic heterocycles. The van der Waals surface area contributed by atoms with Gasteiger partial charge in [-0.3, -0.25) is 0 Å². The maximum atomic E-state index is 2.61. The highest BCUT2D eigenvalue weighted by atomic mass is 15.0. The van der Waals surface area contributed by atoms with Gasteiger partial charge in [-0.1, -0.05) is 141 Å². The van der Waals surface area contributed by atoms with Crippen LogP contribution in [0.1, 0.15) is 25.0 Å². The zero-order valence-electron chi connectivity index (χ0n) is 23.2. The summed E-state index contributed by atoms with van der Waals surface area (Å²) in [5.41, 5.74) is 14.8. The van der Waals surface area contributed by atoms with E-state index in [1.165, 1.54) is 77.3 Å². The SMILES string of the molecule is CC1(C)c2ccccc2B2c3c(cccc31)-n1c(-c3ccccc3)c(-c3ccccc3)c3cc4ccccc4c2c31. The molecule has 0 atom stereocenters. The summed E-state index contributed by atoms with van der Waals surface area (Å²) in [7, 11) is 0. The van der Waals surface area contributed by atoms with E-state index >= 15 is 0 Å². The molecule has 0 radical (unpaired) electrons. The van der Waals surface area contributed by atoms with E-state index in [1.807, 2.05) is 0 Å². The Hall–Kier alpha value is -4.82. The number of nitrogens with zero attached hydrogens (tertiary/aromatic N) is 1. The molecule has 0 unspecified atom stereocenters. The minimum atomic E-state index is -0.0953. The average molecular weight is 521 g/mol. The van der Waals surface area contributed by atoms with Gasteiger partial charge in [0.25, 0.3) is 0 Å². The quantitative estimate of drug-likeness (QED) is 0.207. The van der Waals surface area contributed by atoms with Crippen molar-refractivity contribution in [1.29, 1.82) is 0 Å². The molecule has 1 aromatic heterocycles. The van der Waals surface area contributed by atoms with Crippen molar-refractivity contribution in [2.75, 3.05) is 0 Å². The molecule has 0 saturated carbocycles. The fourth-order valence-electron chi connectivity index (χ4n) is 7.96. The number of aromatic nitrogens is 1. The third-order valence-corrected chi connectivity index (χ3v) is 9.64. The Morgan fingerprint density at radius 3 is 2.02 bits per heavy atom. The molecule has 0 fully saturated rings. The molecule has 1 nitrogen and oxygen atoms in total. The molecule has 6 aromatic carbocycles. The largest absolute Gasteiger partial charge is 0.310 e. The molecular formula is C39H28BN. The van der Waals surface area contributed by atoms with Gasteiger partial charge >= 0.3 is 0 Å². The normalized spacial score (nSPS) is 14.2. The lowest BCUT2D eigenvalue weighted by Gasteiger charge is -2.42. The minimum absolute atomic E-state index is 0.0953. The molecule has 0 amide bonds. The van der Waals surface area contributed by atoms with Gasteiger partial charge in [0.2, 0.25) is 6.71 Å². The van der Waals surface area contributed by atoms with E-state index in [0.717, 1.165) is 0 Å². The van der Waals surface area contributed by atoms with Crippen LogP contribution in [0.25, 0.3) is 49.7 Å². The monoisotopic (exact) mass is 521 g/mol. The Morgan fingerprint density at radius 1 is 0.561 bits per heavy atom. The summed E-state index contributed by atoms with van der Waals surface area (Å²) in [6.45, 7) is 4.97. The van der Waals surface area contributed by atoms with E-state index < -0.39 is 0 Å². The van der Waals surface area contributed by atoms with E-state index in [0.29, 0.717) is 0 Å². The highest BCUT2D eigenvalue weighted by Crippen LogP contribution is 2.46. The maximum absolute atomic E-state index is 2.61. The van der Waals surface area contributed by atoms with Crippen LogP contribution in [0.15, 0.2) is 133 Å². The first kappa shape index (κ1) is 22.9. The fraction of sp³-hybridized carbons (Fsp3) is 0.0769. The molecule has 41 heavy (non-hydrogen) atoms. The predicted molar refractivity (Wildman–Crippen MR) is 175 cm³/mol. The van der Waals surface area contributed by atoms with Gasteiger partial charge in [-0.15, -0.1) is 0 Å². The molecule has 0 aliphatic carbocycles. The highest BCUT2D eigenvalue weighted by molar-refractivity contribution is 7.00. The van der Waals surface area contributed by atoms with Gasteiger partial charge in [0.1, 0.15) is 0 Å². The van der Waals surface area contributed by atoms with Crippen molar-refractivity contribution in [2.45, 2.75) is 19.3 Å². The standard InChI is InChI=1S/C39H28BN/c1-39(2)30-20-11-12-22-32(30)40-35-28-19-10-9-18-27(28)24-29-34(25-14-5-3-6-15-25)37(26-16-7-4-8-17-26)41(38(29)35)33-23-13-21-31(39)36(33)40/h3-24H,1-2H3. The molecule has 0 saturated heterocycles. The second-order valence-corrected chi connectivity index (χ2v) is 12.1. The smallest absolute Gasteiger partial charge is 0.248 e. The number of hydrogen-bond acceptors (Lipinski definition) is 0. The van der Waals surface area contributed by atoms with E-state index in [1.54, 1.807) is 0 Å². The van der Waals surface area contributed by atoms with Gasteiger partial charge in [-0.2, -0.15) is 0 Å². The summed E-state index contributed by atoms with van der Waals surface area (Å²) in [5, 5.41) is 3.97. The molecule has 7 aromatic rings. The minimum Gasteiger partial charge on any atom is -0.310 e. The van der Waals surface area contributed by atoms with Gasteiger partial charge in [-0.25, -0.2) is 0 Å². The van der Waals surface area contributed by atoms with Crippen LogP contribution in [-0.2, 0) is 5.41 Å². The van der Waals surface area contributed by atoms with Crippen molar-refractivity contribution < 1.29 is 0 Å². The van der Waals surface area contributed by atoms with Crippen LogP contribution in [0.5, 0.6) is 0 Å². The molecule has 9 rings (SSSR count). The summed E-state index contributed by atoms with van der Waals surface area (Å²) in [6, 6.07) is 49.6. The Morgan fingerprint density at radius 2 is 1.22 bits per heavy atom. The molecule has 0 bridgehead atoms. The number of rotatable bonds is 2. The van der Waals surface area contributed by atoms with Crippen LogP contribution in [0.2, 0.25) is 0 Å². The number of hydrogen-bond donors (Lipinski definition) is 0. The second kappa shape index (κ2) is 8.11. The lowest BCUT2D eigenvalue weighted by Crippen LogP contribution is -2.63. The van der Waals surface area contributed by atoms with E-state index in [2.05, 4.69) is 152 Å². The van der Waals surface area contributed by atoms with Crippen LogP contribution in [-0.4, -0.2) is 11.3 Å². The first-order valence-corrected chi connectivity index (χ1v) is 14.6. The maximum Gasteiger partial charge on any atom is 0.248 e. The summed E-state index contributed by atoms with van der Waals surface area (Å²) < 4.78 is 2.61. The predicted octanol–water partition coefficient (Wildman–Crippen LogP) is 7.59. The highest BCUT2D eigenvalue weighted by Gasteiger charge is 2.45. The topological polar surface area (TPSA) is 4.93 Å². The summed E-state index contributed by atoms with van der Waals surface area (Å²) in [6.07, 6.45) is 0. The average Bonchev–Trinajstić information content (AvgIpc) is 3.36. The van der Waals surface area contributed by atoms with Gasteiger partial charge in [0.05, 0.1) is 11.2 Å². The van der Waals surface area contributed by atoms with Crippen LogP contribution in [0, 0.1) is 0 Å². The van der Waals surface area contributed by atoms with Crippen LogP contribution >= 0.6 is 0 Å². The molecular weight excluding hydrogens is 493 g/mol. The molecule has 2 heteroatoms. The van der Waals surface area contributed by atoms with Crippen LogP contribution < -0.4 is 16.4 Å². The van der Waals surface area contributed by atoms with Crippen molar-refractivity contribution in [1.82, 2.24) is 4.57 Å². The van der Waals surface area contributed by atoms with Gasteiger partial charge in [0, 0.05) is 22.1 Å². The first-order chi connectivity index (χ1) is 20.1. The van der Waals surface area contributed by atoms with Crippen molar-refractivity contribution in [3.8, 4) is 28.1 Å². The zero-order chi connectivity index (χ0) is 27.3. The molecule has 3 heterocycles. The van der Waals surface area contributed by atoms with E-state index in [4.69, 9.17) is 0 Å². The lowest BCUT2D eigenvalue weighted by molar-refractivity contribution is 0.645. The second-order valence-electron chi connectivity index (χ2n) is 12.1. The van der Waals surface area contributed by atoms with Crippen molar-refractivity contribution >= 4 is 44.8 Å². The van der Waals surface area contributed by atoms with Gasteiger partial charge in [-0.05, 0) is 56.1 Å². The lowest BCUT2D eigenvalue weighted by atomic mass is 9.30. The van der Waals surface area contributed by atoms with Crippen molar-refractivity contribution in [2.24, 2.45) is 0 Å².